The summed E-state index contributed by atoms with van der Waals surface area (Å²) < 4.78 is 17.1. The van der Waals surface area contributed by atoms with Gasteiger partial charge in [0.25, 0.3) is 0 Å². The molecule has 6 heteroatoms. The van der Waals surface area contributed by atoms with Crippen molar-refractivity contribution in [3.8, 4) is 0 Å². The number of rotatable bonds is 20. The number of esters is 1. The normalized spacial score (nSPS) is 11.5. The zero-order valence-electron chi connectivity index (χ0n) is 21.7. The average molecular weight is 479 g/mol. The summed E-state index contributed by atoms with van der Waals surface area (Å²) in [5.74, 6) is -0.371. The van der Waals surface area contributed by atoms with Crippen molar-refractivity contribution in [3.05, 3.63) is 35.4 Å². The molecular formula is C28H46O6. The van der Waals surface area contributed by atoms with Gasteiger partial charge < -0.3 is 19.3 Å². The second kappa shape index (κ2) is 18.4. The van der Waals surface area contributed by atoms with Crippen LogP contribution in [0, 0.1) is 11.8 Å². The number of hydrogen-bond donors (Lipinski definition) is 1. The van der Waals surface area contributed by atoms with Crippen LogP contribution in [0.3, 0.4) is 0 Å². The van der Waals surface area contributed by atoms with Crippen LogP contribution < -0.4 is 0 Å². The lowest BCUT2D eigenvalue weighted by Crippen LogP contribution is -2.27. The van der Waals surface area contributed by atoms with E-state index in [0.29, 0.717) is 13.2 Å². The number of benzene rings is 1. The highest BCUT2D eigenvalue weighted by molar-refractivity contribution is 6.02. The maximum atomic E-state index is 12.5. The Balaban J connectivity index is 2.46. The standard InChI is InChI=1S/C28H46O6/c1-22(2)15-9-5-7-13-19-32-26(33-20-14-8-6-10-16-23(3)4)21-34-28(31)25-18-12-11-17-24(25)27(29)30/h11-12,17-18,22-23,26H,5-10,13-16,19-21H2,1-4H3,(H,29,30). The minimum absolute atomic E-state index is 0.0315. The number of ether oxygens (including phenoxy) is 3. The third-order valence-electron chi connectivity index (χ3n) is 5.69. The maximum absolute atomic E-state index is 12.5. The molecule has 0 saturated carbocycles. The SMILES string of the molecule is CC(C)CCCCCCOC(COC(=O)c1ccccc1C(=O)O)OCCCCCCC(C)C. The summed E-state index contributed by atoms with van der Waals surface area (Å²) in [5, 5.41) is 9.31. The van der Waals surface area contributed by atoms with E-state index in [-0.39, 0.29) is 17.7 Å². The van der Waals surface area contributed by atoms with Crippen molar-refractivity contribution in [1.29, 1.82) is 0 Å². The molecule has 1 N–H and O–H groups in total. The van der Waals surface area contributed by atoms with E-state index in [1.54, 1.807) is 12.1 Å². The van der Waals surface area contributed by atoms with Gasteiger partial charge in [0.05, 0.1) is 11.1 Å². The summed E-state index contributed by atoms with van der Waals surface area (Å²) in [6.07, 6.45) is 10.7. The molecule has 0 saturated heterocycles. The van der Waals surface area contributed by atoms with Gasteiger partial charge in [-0.25, -0.2) is 9.59 Å². The van der Waals surface area contributed by atoms with Crippen LogP contribution in [0.4, 0.5) is 0 Å². The summed E-state index contributed by atoms with van der Waals surface area (Å²) in [7, 11) is 0. The minimum atomic E-state index is -1.16. The van der Waals surface area contributed by atoms with Gasteiger partial charge in [-0.3, -0.25) is 0 Å². The molecule has 1 aromatic carbocycles. The molecule has 0 aromatic heterocycles. The molecule has 1 aromatic rings. The van der Waals surface area contributed by atoms with Crippen molar-refractivity contribution in [1.82, 2.24) is 0 Å². The number of carbonyl (C=O) groups excluding carboxylic acids is 1. The number of carbonyl (C=O) groups is 2. The first kappa shape index (κ1) is 30.1. The fourth-order valence-electron chi connectivity index (χ4n) is 3.66. The Morgan fingerprint density at radius 1 is 0.735 bits per heavy atom. The van der Waals surface area contributed by atoms with Crippen molar-refractivity contribution in [2.24, 2.45) is 11.8 Å². The highest BCUT2D eigenvalue weighted by Gasteiger charge is 2.19. The van der Waals surface area contributed by atoms with Crippen molar-refractivity contribution in [2.45, 2.75) is 98.2 Å². The fraction of sp³-hybridized carbons (Fsp3) is 0.714. The molecule has 0 radical (unpaired) electrons. The van der Waals surface area contributed by atoms with Crippen LogP contribution in [0.1, 0.15) is 113 Å². The van der Waals surface area contributed by atoms with Gasteiger partial charge in [0.15, 0.2) is 6.29 Å². The molecule has 0 aliphatic heterocycles. The molecule has 0 aliphatic rings. The Morgan fingerprint density at radius 2 is 1.21 bits per heavy atom. The first-order valence-corrected chi connectivity index (χ1v) is 13.0. The number of aromatic carboxylic acids is 1. The lowest BCUT2D eigenvalue weighted by atomic mass is 10.0. The summed E-state index contributed by atoms with van der Waals surface area (Å²) in [4.78, 5) is 23.9. The second-order valence-electron chi connectivity index (χ2n) is 9.81. The van der Waals surface area contributed by atoms with E-state index in [0.717, 1.165) is 37.5 Å². The van der Waals surface area contributed by atoms with Gasteiger partial charge in [0, 0.05) is 13.2 Å². The Bertz CT molecular complexity index is 663. The summed E-state index contributed by atoms with van der Waals surface area (Å²) in [6, 6.07) is 6.04. The van der Waals surface area contributed by atoms with Gasteiger partial charge in [-0.1, -0.05) is 91.2 Å². The summed E-state index contributed by atoms with van der Waals surface area (Å²) in [5.41, 5.74) is -0.0438. The molecule has 0 amide bonds. The Kier molecular flexibility index (Phi) is 16.3. The second-order valence-corrected chi connectivity index (χ2v) is 9.81. The van der Waals surface area contributed by atoms with Gasteiger partial charge in [-0.05, 0) is 36.8 Å². The largest absolute Gasteiger partial charge is 0.478 e. The molecule has 6 nitrogen and oxygen atoms in total. The van der Waals surface area contributed by atoms with Crippen LogP contribution in [0.25, 0.3) is 0 Å². The Morgan fingerprint density at radius 3 is 1.68 bits per heavy atom. The van der Waals surface area contributed by atoms with Crippen LogP contribution >= 0.6 is 0 Å². The lowest BCUT2D eigenvalue weighted by Gasteiger charge is -2.19. The maximum Gasteiger partial charge on any atom is 0.339 e. The molecular weight excluding hydrogens is 432 g/mol. The molecule has 0 spiro atoms. The van der Waals surface area contributed by atoms with E-state index < -0.39 is 18.2 Å². The third-order valence-corrected chi connectivity index (χ3v) is 5.69. The van der Waals surface area contributed by atoms with Gasteiger partial charge in [0.2, 0.25) is 0 Å². The Labute approximate surface area is 206 Å². The molecule has 194 valence electrons. The van der Waals surface area contributed by atoms with Gasteiger partial charge in [0.1, 0.15) is 6.61 Å². The lowest BCUT2D eigenvalue weighted by molar-refractivity contribution is -0.164. The van der Waals surface area contributed by atoms with E-state index in [1.807, 2.05) is 0 Å². The molecule has 34 heavy (non-hydrogen) atoms. The van der Waals surface area contributed by atoms with Gasteiger partial charge in [-0.15, -0.1) is 0 Å². The number of unbranched alkanes of at least 4 members (excludes halogenated alkanes) is 6. The van der Waals surface area contributed by atoms with Crippen molar-refractivity contribution in [3.63, 3.8) is 0 Å². The monoisotopic (exact) mass is 478 g/mol. The summed E-state index contributed by atoms with van der Waals surface area (Å²) >= 11 is 0. The quantitative estimate of drug-likeness (QED) is 0.122. The highest BCUT2D eigenvalue weighted by Crippen LogP contribution is 2.14. The first-order valence-electron chi connectivity index (χ1n) is 13.0. The molecule has 0 bridgehead atoms. The minimum Gasteiger partial charge on any atom is -0.478 e. The van der Waals surface area contributed by atoms with E-state index in [9.17, 15) is 14.7 Å². The van der Waals surface area contributed by atoms with Crippen LogP contribution in [0.15, 0.2) is 24.3 Å². The predicted molar refractivity (Wildman–Crippen MR) is 135 cm³/mol. The van der Waals surface area contributed by atoms with Crippen LogP contribution in [-0.4, -0.2) is 43.2 Å². The van der Waals surface area contributed by atoms with Crippen LogP contribution in [0.5, 0.6) is 0 Å². The molecule has 0 heterocycles. The number of carboxylic acid groups (broad SMARTS) is 1. The van der Waals surface area contributed by atoms with Crippen molar-refractivity contribution >= 4 is 11.9 Å². The smallest absolute Gasteiger partial charge is 0.339 e. The van der Waals surface area contributed by atoms with Crippen molar-refractivity contribution < 1.29 is 28.9 Å². The van der Waals surface area contributed by atoms with Gasteiger partial charge >= 0.3 is 11.9 Å². The Hall–Kier alpha value is -1.92. The third kappa shape index (κ3) is 14.4. The molecule has 0 fully saturated rings. The summed E-state index contributed by atoms with van der Waals surface area (Å²) in [6.45, 7) is 10.00. The topological polar surface area (TPSA) is 82.1 Å². The van der Waals surface area contributed by atoms with E-state index >= 15 is 0 Å². The zero-order chi connectivity index (χ0) is 25.2. The molecule has 1 rings (SSSR count). The molecule has 0 aliphatic carbocycles. The molecule has 0 unspecified atom stereocenters. The number of carboxylic acids is 1. The van der Waals surface area contributed by atoms with Crippen molar-refractivity contribution in [2.75, 3.05) is 19.8 Å². The zero-order valence-corrected chi connectivity index (χ0v) is 21.7. The highest BCUT2D eigenvalue weighted by atomic mass is 16.7. The average Bonchev–Trinajstić information content (AvgIpc) is 2.79. The van der Waals surface area contributed by atoms with Gasteiger partial charge in [-0.2, -0.15) is 0 Å². The van der Waals surface area contributed by atoms with E-state index in [1.165, 1.54) is 50.7 Å². The van der Waals surface area contributed by atoms with E-state index in [2.05, 4.69) is 27.7 Å². The van der Waals surface area contributed by atoms with E-state index in [4.69, 9.17) is 14.2 Å². The number of hydrogen-bond acceptors (Lipinski definition) is 5. The fourth-order valence-corrected chi connectivity index (χ4v) is 3.66. The van der Waals surface area contributed by atoms with Crippen LogP contribution in [0.2, 0.25) is 0 Å². The molecule has 0 atom stereocenters. The first-order chi connectivity index (χ1) is 16.3. The predicted octanol–water partition coefficient (Wildman–Crippen LogP) is 7.11. The van der Waals surface area contributed by atoms with Crippen LogP contribution in [-0.2, 0) is 14.2 Å².